The number of carbonyl (C=O) groups is 2. The lowest BCUT2D eigenvalue weighted by Crippen LogP contribution is -2.28. The number of amides is 1. The summed E-state index contributed by atoms with van der Waals surface area (Å²) in [5, 5.41) is 2.83. The van der Waals surface area contributed by atoms with E-state index in [9.17, 15) is 9.59 Å². The number of hydrogen-bond donors (Lipinski definition) is 1. The SMILES string of the molecule is CC(C)(C)OC(=O)CCC1CCC(=O)N1. The minimum Gasteiger partial charge on any atom is -0.460 e. The fraction of sp³-hybridized carbons (Fsp3) is 0.818. The van der Waals surface area contributed by atoms with Gasteiger partial charge in [0.15, 0.2) is 0 Å². The van der Waals surface area contributed by atoms with Crippen LogP contribution in [0.2, 0.25) is 0 Å². The number of nitrogens with one attached hydrogen (secondary N) is 1. The van der Waals surface area contributed by atoms with Gasteiger partial charge in [0.25, 0.3) is 0 Å². The number of esters is 1. The molecule has 0 aromatic heterocycles. The van der Waals surface area contributed by atoms with Crippen molar-refractivity contribution in [2.24, 2.45) is 0 Å². The summed E-state index contributed by atoms with van der Waals surface area (Å²) < 4.78 is 5.17. The lowest BCUT2D eigenvalue weighted by molar-refractivity contribution is -0.155. The molecule has 0 radical (unpaired) electrons. The molecule has 1 rings (SSSR count). The Morgan fingerprint density at radius 1 is 1.53 bits per heavy atom. The minimum absolute atomic E-state index is 0.0872. The third-order valence-corrected chi connectivity index (χ3v) is 2.20. The van der Waals surface area contributed by atoms with Crippen molar-refractivity contribution in [2.45, 2.75) is 58.1 Å². The smallest absolute Gasteiger partial charge is 0.306 e. The molecule has 1 aliphatic rings. The molecule has 1 heterocycles. The predicted octanol–water partition coefficient (Wildman–Crippen LogP) is 1.39. The molecular weight excluding hydrogens is 194 g/mol. The monoisotopic (exact) mass is 213 g/mol. The zero-order chi connectivity index (χ0) is 11.5. The molecule has 0 aromatic carbocycles. The Kier molecular flexibility index (Phi) is 3.72. The minimum atomic E-state index is -0.421. The van der Waals surface area contributed by atoms with Crippen LogP contribution in [0, 0.1) is 0 Å². The molecule has 0 saturated carbocycles. The van der Waals surface area contributed by atoms with Crippen LogP contribution in [0.4, 0.5) is 0 Å². The summed E-state index contributed by atoms with van der Waals surface area (Å²) >= 11 is 0. The van der Waals surface area contributed by atoms with E-state index in [0.717, 1.165) is 6.42 Å². The van der Waals surface area contributed by atoms with Crippen LogP contribution in [0.1, 0.15) is 46.5 Å². The highest BCUT2D eigenvalue weighted by molar-refractivity contribution is 5.78. The molecule has 1 amide bonds. The lowest BCUT2D eigenvalue weighted by atomic mass is 10.1. The van der Waals surface area contributed by atoms with E-state index in [-0.39, 0.29) is 17.9 Å². The van der Waals surface area contributed by atoms with Crippen molar-refractivity contribution in [3.05, 3.63) is 0 Å². The second-order valence-electron chi connectivity index (χ2n) is 4.93. The van der Waals surface area contributed by atoms with Gasteiger partial charge < -0.3 is 10.1 Å². The second-order valence-corrected chi connectivity index (χ2v) is 4.93. The molecule has 15 heavy (non-hydrogen) atoms. The first-order valence-electron chi connectivity index (χ1n) is 5.38. The zero-order valence-corrected chi connectivity index (χ0v) is 9.63. The van der Waals surface area contributed by atoms with Crippen LogP contribution in [0.15, 0.2) is 0 Å². The summed E-state index contributed by atoms with van der Waals surface area (Å²) in [6.45, 7) is 5.55. The average molecular weight is 213 g/mol. The highest BCUT2D eigenvalue weighted by Gasteiger charge is 2.22. The van der Waals surface area contributed by atoms with E-state index in [1.165, 1.54) is 0 Å². The molecule has 0 bridgehead atoms. The van der Waals surface area contributed by atoms with E-state index >= 15 is 0 Å². The standard InChI is InChI=1S/C11H19NO3/c1-11(2,3)15-10(14)7-5-8-4-6-9(13)12-8/h8H,4-7H2,1-3H3,(H,12,13). The average Bonchev–Trinajstić information content (AvgIpc) is 2.45. The first-order chi connectivity index (χ1) is 6.87. The Labute approximate surface area is 90.4 Å². The van der Waals surface area contributed by atoms with Crippen molar-refractivity contribution in [3.8, 4) is 0 Å². The topological polar surface area (TPSA) is 55.4 Å². The normalized spacial score (nSPS) is 21.3. The van der Waals surface area contributed by atoms with E-state index < -0.39 is 5.60 Å². The third-order valence-electron chi connectivity index (χ3n) is 2.20. The molecule has 1 fully saturated rings. The quantitative estimate of drug-likeness (QED) is 0.721. The van der Waals surface area contributed by atoms with Crippen LogP contribution >= 0.6 is 0 Å². The van der Waals surface area contributed by atoms with Gasteiger partial charge >= 0.3 is 5.97 Å². The van der Waals surface area contributed by atoms with Gasteiger partial charge in [0.2, 0.25) is 5.91 Å². The first kappa shape index (κ1) is 12.0. The van der Waals surface area contributed by atoms with Gasteiger partial charge in [0.1, 0.15) is 5.60 Å². The predicted molar refractivity (Wildman–Crippen MR) is 56.2 cm³/mol. The van der Waals surface area contributed by atoms with Crippen molar-refractivity contribution in [1.82, 2.24) is 5.32 Å². The summed E-state index contributed by atoms with van der Waals surface area (Å²) in [7, 11) is 0. The number of ether oxygens (including phenoxy) is 1. The molecule has 4 nitrogen and oxygen atoms in total. The first-order valence-corrected chi connectivity index (χ1v) is 5.38. The van der Waals surface area contributed by atoms with Crippen LogP contribution in [0.5, 0.6) is 0 Å². The lowest BCUT2D eigenvalue weighted by Gasteiger charge is -2.20. The van der Waals surface area contributed by atoms with Gasteiger partial charge in [0.05, 0.1) is 0 Å². The molecule has 0 aliphatic carbocycles. The Balaban J connectivity index is 2.20. The van der Waals surface area contributed by atoms with E-state index in [2.05, 4.69) is 5.32 Å². The van der Waals surface area contributed by atoms with Crippen LogP contribution in [0.3, 0.4) is 0 Å². The maximum absolute atomic E-state index is 11.4. The van der Waals surface area contributed by atoms with E-state index in [1.54, 1.807) is 0 Å². The fourth-order valence-corrected chi connectivity index (χ4v) is 1.58. The zero-order valence-electron chi connectivity index (χ0n) is 9.63. The molecule has 86 valence electrons. The molecule has 4 heteroatoms. The molecular formula is C11H19NO3. The number of rotatable bonds is 3. The molecule has 0 aromatic rings. The van der Waals surface area contributed by atoms with Crippen LogP contribution < -0.4 is 5.32 Å². The maximum atomic E-state index is 11.4. The highest BCUT2D eigenvalue weighted by Crippen LogP contribution is 2.14. The van der Waals surface area contributed by atoms with Gasteiger partial charge in [-0.25, -0.2) is 0 Å². The molecule has 1 aliphatic heterocycles. The Bertz CT molecular complexity index is 255. The van der Waals surface area contributed by atoms with Gasteiger partial charge in [-0.05, 0) is 33.6 Å². The van der Waals surface area contributed by atoms with E-state index in [0.29, 0.717) is 19.3 Å². The van der Waals surface area contributed by atoms with E-state index in [4.69, 9.17) is 4.74 Å². The molecule has 0 spiro atoms. The van der Waals surface area contributed by atoms with Gasteiger partial charge in [-0.3, -0.25) is 9.59 Å². The Morgan fingerprint density at radius 2 is 2.20 bits per heavy atom. The summed E-state index contributed by atoms with van der Waals surface area (Å²) in [6, 6.07) is 0.157. The van der Waals surface area contributed by atoms with Crippen molar-refractivity contribution in [3.63, 3.8) is 0 Å². The summed E-state index contributed by atoms with van der Waals surface area (Å²) in [4.78, 5) is 22.3. The van der Waals surface area contributed by atoms with Crippen molar-refractivity contribution < 1.29 is 14.3 Å². The van der Waals surface area contributed by atoms with Gasteiger partial charge in [-0.15, -0.1) is 0 Å². The Hall–Kier alpha value is -1.06. The van der Waals surface area contributed by atoms with Crippen molar-refractivity contribution in [2.75, 3.05) is 0 Å². The highest BCUT2D eigenvalue weighted by atomic mass is 16.6. The van der Waals surface area contributed by atoms with Gasteiger partial charge in [-0.1, -0.05) is 0 Å². The molecule has 1 saturated heterocycles. The number of carbonyl (C=O) groups excluding carboxylic acids is 2. The van der Waals surface area contributed by atoms with Crippen LogP contribution in [0.25, 0.3) is 0 Å². The second kappa shape index (κ2) is 4.64. The van der Waals surface area contributed by atoms with Crippen LogP contribution in [-0.4, -0.2) is 23.5 Å². The molecule has 1 N–H and O–H groups in total. The summed E-state index contributed by atoms with van der Waals surface area (Å²) in [5.41, 5.74) is -0.421. The van der Waals surface area contributed by atoms with Crippen molar-refractivity contribution in [1.29, 1.82) is 0 Å². The number of hydrogen-bond acceptors (Lipinski definition) is 3. The fourth-order valence-electron chi connectivity index (χ4n) is 1.58. The largest absolute Gasteiger partial charge is 0.460 e. The Morgan fingerprint density at radius 3 is 2.67 bits per heavy atom. The van der Waals surface area contributed by atoms with E-state index in [1.807, 2.05) is 20.8 Å². The molecule has 1 unspecified atom stereocenters. The summed E-state index contributed by atoms with van der Waals surface area (Å²) in [6.07, 6.45) is 2.48. The van der Waals surface area contributed by atoms with Crippen molar-refractivity contribution >= 4 is 11.9 Å². The van der Waals surface area contributed by atoms with Gasteiger partial charge in [-0.2, -0.15) is 0 Å². The third kappa shape index (κ3) is 4.81. The van der Waals surface area contributed by atoms with Gasteiger partial charge in [0, 0.05) is 18.9 Å². The molecule has 1 atom stereocenters. The maximum Gasteiger partial charge on any atom is 0.306 e. The summed E-state index contributed by atoms with van der Waals surface area (Å²) in [5.74, 6) is -0.104. The van der Waals surface area contributed by atoms with Crippen LogP contribution in [-0.2, 0) is 14.3 Å².